The Morgan fingerprint density at radius 1 is 1.18 bits per heavy atom. The second-order valence-electron chi connectivity index (χ2n) is 4.50. The average molecular weight is 322 g/mol. The van der Waals surface area contributed by atoms with Crippen molar-refractivity contribution in [3.05, 3.63) is 53.9 Å². The van der Waals surface area contributed by atoms with Gasteiger partial charge in [0.15, 0.2) is 6.61 Å². The second-order valence-corrected chi connectivity index (χ2v) is 6.25. The van der Waals surface area contributed by atoms with Crippen LogP contribution in [0.1, 0.15) is 20.8 Å². The molecule has 0 fully saturated rings. The highest BCUT2D eigenvalue weighted by molar-refractivity contribution is 7.92. The van der Waals surface area contributed by atoms with E-state index in [-0.39, 0.29) is 17.0 Å². The minimum atomic E-state index is -3.53. The zero-order valence-corrected chi connectivity index (χ0v) is 12.5. The summed E-state index contributed by atoms with van der Waals surface area (Å²) in [4.78, 5) is 26.5. The van der Waals surface area contributed by atoms with Crippen molar-refractivity contribution in [1.29, 1.82) is 0 Å². The van der Waals surface area contributed by atoms with Crippen LogP contribution in [0.5, 0.6) is 0 Å². The zero-order valence-electron chi connectivity index (χ0n) is 11.7. The molecule has 0 aliphatic rings. The zero-order chi connectivity index (χ0) is 16.2. The minimum absolute atomic E-state index is 0.0345. The van der Waals surface area contributed by atoms with E-state index in [1.165, 1.54) is 12.1 Å². The van der Waals surface area contributed by atoms with Crippen molar-refractivity contribution in [3.8, 4) is 0 Å². The van der Waals surface area contributed by atoms with E-state index in [4.69, 9.17) is 4.74 Å². The van der Waals surface area contributed by atoms with E-state index in [0.29, 0.717) is 5.69 Å². The predicted octanol–water partition coefficient (Wildman–Crippen LogP) is 1.43. The van der Waals surface area contributed by atoms with Gasteiger partial charge < -0.3 is 9.72 Å². The van der Waals surface area contributed by atoms with Crippen LogP contribution < -0.4 is 4.72 Å². The minimum Gasteiger partial charge on any atom is -0.454 e. The molecule has 2 rings (SSSR count). The molecule has 0 radical (unpaired) electrons. The Bertz CT molecular complexity index is 781. The Hall–Kier alpha value is -2.61. The van der Waals surface area contributed by atoms with Crippen molar-refractivity contribution in [2.75, 3.05) is 17.6 Å². The third-order valence-corrected chi connectivity index (χ3v) is 3.27. The van der Waals surface area contributed by atoms with Gasteiger partial charge in [0, 0.05) is 6.20 Å². The molecule has 116 valence electrons. The molecule has 0 aliphatic carbocycles. The highest BCUT2D eigenvalue weighted by Crippen LogP contribution is 2.17. The Labute approximate surface area is 127 Å². The number of sulfonamides is 1. The molecule has 7 nitrogen and oxygen atoms in total. The summed E-state index contributed by atoms with van der Waals surface area (Å²) >= 11 is 0. The number of nitrogens with one attached hydrogen (secondary N) is 2. The van der Waals surface area contributed by atoms with Gasteiger partial charge in [-0.1, -0.05) is 12.1 Å². The van der Waals surface area contributed by atoms with Crippen molar-refractivity contribution < 1.29 is 22.7 Å². The first-order chi connectivity index (χ1) is 10.4. The summed E-state index contributed by atoms with van der Waals surface area (Å²) in [5, 5.41) is 0. The van der Waals surface area contributed by atoms with Gasteiger partial charge in [-0.05, 0) is 24.3 Å². The maximum absolute atomic E-state index is 12.0. The molecular formula is C14H14N2O5S. The molecule has 2 aromatic rings. The Balaban J connectivity index is 2.08. The van der Waals surface area contributed by atoms with E-state index in [1.54, 1.807) is 30.5 Å². The van der Waals surface area contributed by atoms with Gasteiger partial charge in [0.05, 0.1) is 23.2 Å². The molecule has 22 heavy (non-hydrogen) atoms. The van der Waals surface area contributed by atoms with E-state index < -0.39 is 22.6 Å². The first-order valence-corrected chi connectivity index (χ1v) is 8.16. The SMILES string of the molecule is CS(=O)(=O)Nc1ccccc1C(=O)OCC(=O)c1ccc[nH]1. The molecule has 0 saturated carbocycles. The van der Waals surface area contributed by atoms with Gasteiger partial charge in [-0.3, -0.25) is 9.52 Å². The third-order valence-electron chi connectivity index (χ3n) is 2.68. The summed E-state index contributed by atoms with van der Waals surface area (Å²) < 4.78 is 29.7. The van der Waals surface area contributed by atoms with Crippen molar-refractivity contribution in [1.82, 2.24) is 4.98 Å². The number of benzene rings is 1. The number of anilines is 1. The number of carbonyl (C=O) groups excluding carboxylic acids is 2. The summed E-state index contributed by atoms with van der Waals surface area (Å²) in [6, 6.07) is 9.21. The summed E-state index contributed by atoms with van der Waals surface area (Å²) in [6.45, 7) is -0.438. The maximum atomic E-state index is 12.0. The quantitative estimate of drug-likeness (QED) is 0.618. The predicted molar refractivity (Wildman–Crippen MR) is 80.3 cm³/mol. The molecule has 0 bridgehead atoms. The topological polar surface area (TPSA) is 105 Å². The first kappa shape index (κ1) is 15.8. The molecule has 0 atom stereocenters. The number of rotatable bonds is 6. The lowest BCUT2D eigenvalue weighted by atomic mass is 10.2. The van der Waals surface area contributed by atoms with Gasteiger partial charge >= 0.3 is 5.97 Å². The van der Waals surface area contributed by atoms with Gasteiger partial charge in [-0.15, -0.1) is 0 Å². The molecule has 0 amide bonds. The number of carbonyl (C=O) groups is 2. The number of hydrogen-bond acceptors (Lipinski definition) is 5. The molecule has 0 spiro atoms. The van der Waals surface area contributed by atoms with Gasteiger partial charge in [0.2, 0.25) is 15.8 Å². The van der Waals surface area contributed by atoms with Gasteiger partial charge in [-0.25, -0.2) is 13.2 Å². The normalized spacial score (nSPS) is 11.0. The van der Waals surface area contributed by atoms with Crippen LogP contribution in [0.3, 0.4) is 0 Å². The summed E-state index contributed by atoms with van der Waals surface area (Å²) in [5.41, 5.74) is 0.463. The second kappa shape index (κ2) is 6.44. The van der Waals surface area contributed by atoms with Crippen LogP contribution in [0, 0.1) is 0 Å². The van der Waals surface area contributed by atoms with Crippen molar-refractivity contribution in [2.24, 2.45) is 0 Å². The molecule has 8 heteroatoms. The monoisotopic (exact) mass is 322 g/mol. The van der Waals surface area contributed by atoms with Crippen LogP contribution in [-0.2, 0) is 14.8 Å². The van der Waals surface area contributed by atoms with E-state index in [2.05, 4.69) is 9.71 Å². The fourth-order valence-electron chi connectivity index (χ4n) is 1.74. The number of H-pyrrole nitrogens is 1. The van der Waals surface area contributed by atoms with E-state index >= 15 is 0 Å². The van der Waals surface area contributed by atoms with Gasteiger partial charge in [0.1, 0.15) is 0 Å². The lowest BCUT2D eigenvalue weighted by Crippen LogP contribution is -2.17. The largest absolute Gasteiger partial charge is 0.454 e. The standard InChI is InChI=1S/C14H14N2O5S/c1-22(19,20)16-11-6-3-2-5-10(11)14(18)21-9-13(17)12-7-4-8-15-12/h2-8,15-16H,9H2,1H3. The van der Waals surface area contributed by atoms with Gasteiger partial charge in [0.25, 0.3) is 0 Å². The van der Waals surface area contributed by atoms with E-state index in [0.717, 1.165) is 6.26 Å². The van der Waals surface area contributed by atoms with Crippen LogP contribution >= 0.6 is 0 Å². The highest BCUT2D eigenvalue weighted by Gasteiger charge is 2.17. The number of Topliss-reactive ketones (excluding diaryl/α,β-unsaturated/α-hetero) is 1. The maximum Gasteiger partial charge on any atom is 0.340 e. The van der Waals surface area contributed by atoms with Gasteiger partial charge in [-0.2, -0.15) is 0 Å². The Kier molecular flexibility index (Phi) is 4.62. The van der Waals surface area contributed by atoms with Crippen LogP contribution in [0.15, 0.2) is 42.6 Å². The fraction of sp³-hybridized carbons (Fsp3) is 0.143. The third kappa shape index (κ3) is 4.19. The van der Waals surface area contributed by atoms with Crippen molar-refractivity contribution >= 4 is 27.5 Å². The number of ether oxygens (including phenoxy) is 1. The number of para-hydroxylation sites is 1. The average Bonchev–Trinajstić information content (AvgIpc) is 2.97. The van der Waals surface area contributed by atoms with Crippen LogP contribution in [0.2, 0.25) is 0 Å². The summed E-state index contributed by atoms with van der Waals surface area (Å²) in [6.07, 6.45) is 2.56. The Morgan fingerprint density at radius 2 is 1.91 bits per heavy atom. The first-order valence-electron chi connectivity index (χ1n) is 6.27. The number of hydrogen-bond donors (Lipinski definition) is 2. The van der Waals surface area contributed by atoms with E-state index in [1.807, 2.05) is 0 Å². The number of aromatic nitrogens is 1. The molecule has 0 saturated heterocycles. The lowest BCUT2D eigenvalue weighted by Gasteiger charge is -2.09. The number of ketones is 1. The molecule has 0 unspecified atom stereocenters. The smallest absolute Gasteiger partial charge is 0.340 e. The van der Waals surface area contributed by atoms with Crippen molar-refractivity contribution in [2.45, 2.75) is 0 Å². The highest BCUT2D eigenvalue weighted by atomic mass is 32.2. The molecule has 0 aliphatic heterocycles. The molecule has 1 aromatic carbocycles. The molecule has 2 N–H and O–H groups in total. The van der Waals surface area contributed by atoms with Crippen LogP contribution in [0.25, 0.3) is 0 Å². The van der Waals surface area contributed by atoms with Crippen LogP contribution in [0.4, 0.5) is 5.69 Å². The molecule has 1 heterocycles. The summed E-state index contributed by atoms with van der Waals surface area (Å²) in [5.74, 6) is -1.17. The fourth-order valence-corrected chi connectivity index (χ4v) is 2.32. The summed E-state index contributed by atoms with van der Waals surface area (Å²) in [7, 11) is -3.53. The number of aromatic amines is 1. The van der Waals surface area contributed by atoms with Crippen molar-refractivity contribution in [3.63, 3.8) is 0 Å². The molecule has 1 aromatic heterocycles. The van der Waals surface area contributed by atoms with E-state index in [9.17, 15) is 18.0 Å². The van der Waals surface area contributed by atoms with Crippen LogP contribution in [-0.4, -0.2) is 38.0 Å². The molecular weight excluding hydrogens is 308 g/mol. The Morgan fingerprint density at radius 3 is 2.55 bits per heavy atom. The number of esters is 1. The lowest BCUT2D eigenvalue weighted by molar-refractivity contribution is 0.0474.